The van der Waals surface area contributed by atoms with Crippen LogP contribution in [0, 0.1) is 0 Å². The highest BCUT2D eigenvalue weighted by atomic mass is 16.2. The molecule has 0 atom stereocenters. The van der Waals surface area contributed by atoms with Gasteiger partial charge in [0.2, 0.25) is 5.78 Å². The van der Waals surface area contributed by atoms with E-state index in [2.05, 4.69) is 9.97 Å². The third-order valence-electron chi connectivity index (χ3n) is 3.85. The average Bonchev–Trinajstić information content (AvgIpc) is 2.93. The second kappa shape index (κ2) is 4.70. The Balaban J connectivity index is 1.64. The van der Waals surface area contributed by atoms with Gasteiger partial charge in [-0.2, -0.15) is 0 Å². The van der Waals surface area contributed by atoms with Crippen molar-refractivity contribution in [2.45, 2.75) is 6.42 Å². The molecule has 2 aromatic heterocycles. The number of benzene rings is 1. The van der Waals surface area contributed by atoms with Crippen molar-refractivity contribution < 1.29 is 4.79 Å². The van der Waals surface area contributed by atoms with Crippen molar-refractivity contribution in [3.63, 3.8) is 0 Å². The first-order chi connectivity index (χ1) is 10.3. The average molecular weight is 278 g/mol. The van der Waals surface area contributed by atoms with Gasteiger partial charge in [0, 0.05) is 49.0 Å². The predicted molar refractivity (Wildman–Crippen MR) is 78.9 cm³/mol. The Bertz CT molecular complexity index is 803. The third kappa shape index (κ3) is 2.07. The van der Waals surface area contributed by atoms with E-state index in [1.165, 1.54) is 0 Å². The summed E-state index contributed by atoms with van der Waals surface area (Å²) in [6.45, 7) is 1.75. The van der Waals surface area contributed by atoms with E-state index in [4.69, 9.17) is 0 Å². The summed E-state index contributed by atoms with van der Waals surface area (Å²) >= 11 is 0. The van der Waals surface area contributed by atoms with Crippen LogP contribution in [0.2, 0.25) is 0 Å². The zero-order valence-corrected chi connectivity index (χ0v) is 11.4. The van der Waals surface area contributed by atoms with Crippen LogP contribution < -0.4 is 0 Å². The lowest BCUT2D eigenvalue weighted by Gasteiger charge is -2.30. The molecule has 5 heteroatoms. The lowest BCUT2D eigenvalue weighted by atomic mass is 10.1. The van der Waals surface area contributed by atoms with E-state index in [1.54, 1.807) is 12.4 Å². The number of carbonyl (C=O) groups is 1. The van der Waals surface area contributed by atoms with Crippen LogP contribution in [-0.2, 0) is 0 Å². The number of hydrogen-bond acceptors (Lipinski definition) is 3. The van der Waals surface area contributed by atoms with Crippen LogP contribution in [0.1, 0.15) is 16.8 Å². The maximum absolute atomic E-state index is 12.1. The van der Waals surface area contributed by atoms with Crippen molar-refractivity contribution in [1.29, 1.82) is 0 Å². The highest BCUT2D eigenvalue weighted by molar-refractivity contribution is 5.95. The Morgan fingerprint density at radius 2 is 1.86 bits per heavy atom. The van der Waals surface area contributed by atoms with E-state index < -0.39 is 0 Å². The van der Waals surface area contributed by atoms with Gasteiger partial charge >= 0.3 is 0 Å². The number of amides is 1. The Morgan fingerprint density at radius 1 is 1.05 bits per heavy atom. The van der Waals surface area contributed by atoms with Gasteiger partial charge in [-0.3, -0.25) is 9.20 Å². The Hall–Kier alpha value is -2.69. The first-order valence-electron chi connectivity index (χ1n) is 7.00. The number of carbonyl (C=O) groups excluding carboxylic acids is 1. The highest BCUT2D eigenvalue weighted by Gasteiger charge is 2.21. The molecule has 0 unspecified atom stereocenters. The summed E-state index contributed by atoms with van der Waals surface area (Å²) in [5.41, 5.74) is 2.79. The van der Waals surface area contributed by atoms with E-state index in [9.17, 15) is 4.79 Å². The second-order valence-electron chi connectivity index (χ2n) is 5.20. The van der Waals surface area contributed by atoms with Crippen LogP contribution in [0.5, 0.6) is 0 Å². The monoisotopic (exact) mass is 278 g/mol. The van der Waals surface area contributed by atoms with Gasteiger partial charge in [0.05, 0.1) is 0 Å². The number of aromatic nitrogens is 3. The zero-order valence-electron chi connectivity index (χ0n) is 11.4. The lowest BCUT2D eigenvalue weighted by Crippen LogP contribution is -2.41. The van der Waals surface area contributed by atoms with Crippen LogP contribution in [0.4, 0.5) is 0 Å². The molecule has 3 aromatic rings. The van der Waals surface area contributed by atoms with Crippen LogP contribution in [0.15, 0.2) is 49.1 Å². The minimum absolute atomic E-state index is 0.121. The van der Waals surface area contributed by atoms with Crippen molar-refractivity contribution >= 4 is 11.7 Å². The highest BCUT2D eigenvalue weighted by Crippen LogP contribution is 2.20. The Labute approximate surface area is 121 Å². The summed E-state index contributed by atoms with van der Waals surface area (Å²) in [6, 6.07) is 7.70. The second-order valence-corrected chi connectivity index (χ2v) is 5.20. The number of hydrogen-bond donors (Lipinski definition) is 0. The molecule has 0 radical (unpaired) electrons. The number of rotatable bonds is 2. The molecule has 0 saturated carbocycles. The van der Waals surface area contributed by atoms with Crippen LogP contribution >= 0.6 is 0 Å². The molecule has 3 heterocycles. The first kappa shape index (κ1) is 12.1. The minimum Gasteiger partial charge on any atom is -0.339 e. The molecule has 1 aliphatic heterocycles. The molecule has 1 fully saturated rings. The van der Waals surface area contributed by atoms with Crippen molar-refractivity contribution in [3.05, 3.63) is 54.6 Å². The van der Waals surface area contributed by atoms with E-state index in [1.807, 2.05) is 46.0 Å². The number of likely N-dealkylation sites (tertiary alicyclic amines) is 1. The fourth-order valence-electron chi connectivity index (χ4n) is 2.47. The van der Waals surface area contributed by atoms with Crippen molar-refractivity contribution in [3.8, 4) is 11.1 Å². The van der Waals surface area contributed by atoms with Gasteiger partial charge in [-0.1, -0.05) is 12.1 Å². The Kier molecular flexibility index (Phi) is 2.70. The Morgan fingerprint density at radius 3 is 2.57 bits per heavy atom. The largest absolute Gasteiger partial charge is 0.339 e. The number of fused-ring (bicyclic) bond motifs is 1. The smallest absolute Gasteiger partial charge is 0.253 e. The van der Waals surface area contributed by atoms with Gasteiger partial charge < -0.3 is 4.90 Å². The molecule has 0 spiro atoms. The van der Waals surface area contributed by atoms with E-state index >= 15 is 0 Å². The van der Waals surface area contributed by atoms with Gasteiger partial charge in [0.15, 0.2) is 0 Å². The molecular formula is C16H14N4O. The molecule has 1 aromatic carbocycles. The lowest BCUT2D eigenvalue weighted by molar-refractivity contribution is 0.0652. The SMILES string of the molecule is O=C(c1ccc(-c2cnc3nccn3c2)cc1)N1CCC1. The molecule has 21 heavy (non-hydrogen) atoms. The molecule has 4 rings (SSSR count). The fraction of sp³-hybridized carbons (Fsp3) is 0.188. The van der Waals surface area contributed by atoms with Crippen molar-refractivity contribution in [1.82, 2.24) is 19.3 Å². The standard InChI is InChI=1S/C16H14N4O/c21-15(19-7-1-8-19)13-4-2-12(3-5-13)14-10-18-16-17-6-9-20(16)11-14/h2-6,9-11H,1,7-8H2. The summed E-state index contributed by atoms with van der Waals surface area (Å²) in [6.07, 6.45) is 8.49. The van der Waals surface area contributed by atoms with Gasteiger partial charge in [-0.05, 0) is 24.1 Å². The van der Waals surface area contributed by atoms with Crippen LogP contribution in [0.3, 0.4) is 0 Å². The normalized spacial score (nSPS) is 14.2. The topological polar surface area (TPSA) is 50.5 Å². The van der Waals surface area contributed by atoms with E-state index in [0.29, 0.717) is 5.78 Å². The number of nitrogens with zero attached hydrogens (tertiary/aromatic N) is 4. The molecule has 0 aliphatic carbocycles. The molecule has 1 amide bonds. The maximum Gasteiger partial charge on any atom is 0.253 e. The summed E-state index contributed by atoms with van der Waals surface area (Å²) in [5.74, 6) is 0.805. The summed E-state index contributed by atoms with van der Waals surface area (Å²) in [4.78, 5) is 22.4. The third-order valence-corrected chi connectivity index (χ3v) is 3.85. The van der Waals surface area contributed by atoms with Crippen LogP contribution in [0.25, 0.3) is 16.9 Å². The predicted octanol–water partition coefficient (Wildman–Crippen LogP) is 2.24. The summed E-state index contributed by atoms with van der Waals surface area (Å²) < 4.78 is 1.88. The molecule has 1 aliphatic rings. The van der Waals surface area contributed by atoms with Gasteiger partial charge in [-0.15, -0.1) is 0 Å². The van der Waals surface area contributed by atoms with E-state index in [0.717, 1.165) is 36.2 Å². The quantitative estimate of drug-likeness (QED) is 0.722. The minimum atomic E-state index is 0.121. The maximum atomic E-state index is 12.1. The fourth-order valence-corrected chi connectivity index (χ4v) is 2.47. The van der Waals surface area contributed by atoms with E-state index in [-0.39, 0.29) is 5.91 Å². The van der Waals surface area contributed by atoms with Gasteiger partial charge in [-0.25, -0.2) is 9.97 Å². The van der Waals surface area contributed by atoms with Gasteiger partial charge in [0.25, 0.3) is 5.91 Å². The van der Waals surface area contributed by atoms with Crippen molar-refractivity contribution in [2.24, 2.45) is 0 Å². The molecule has 0 N–H and O–H groups in total. The molecule has 0 bridgehead atoms. The van der Waals surface area contributed by atoms with Crippen molar-refractivity contribution in [2.75, 3.05) is 13.1 Å². The molecule has 1 saturated heterocycles. The molecule has 104 valence electrons. The number of imidazole rings is 1. The summed E-state index contributed by atoms with van der Waals surface area (Å²) in [7, 11) is 0. The first-order valence-corrected chi connectivity index (χ1v) is 7.00. The summed E-state index contributed by atoms with van der Waals surface area (Å²) in [5, 5.41) is 0. The molecular weight excluding hydrogens is 264 g/mol. The van der Waals surface area contributed by atoms with Gasteiger partial charge in [0.1, 0.15) is 0 Å². The van der Waals surface area contributed by atoms with Crippen LogP contribution in [-0.4, -0.2) is 38.3 Å². The molecule has 5 nitrogen and oxygen atoms in total. The zero-order chi connectivity index (χ0) is 14.2.